The van der Waals surface area contributed by atoms with E-state index in [9.17, 15) is 10.1 Å². The van der Waals surface area contributed by atoms with Gasteiger partial charge in [-0.3, -0.25) is 10.1 Å². The maximum Gasteiger partial charge on any atom is 0.416 e. The SMILES string of the molecule is Cn1nnnc1C(Oc1ccccc1)[N+](=O)[O-]. The van der Waals surface area contributed by atoms with Crippen molar-refractivity contribution in [3.05, 3.63) is 46.3 Å². The van der Waals surface area contributed by atoms with Gasteiger partial charge in [0, 0.05) is 7.05 Å². The second-order valence-corrected chi connectivity index (χ2v) is 3.23. The van der Waals surface area contributed by atoms with Gasteiger partial charge < -0.3 is 4.74 Å². The highest BCUT2D eigenvalue weighted by atomic mass is 16.7. The lowest BCUT2D eigenvalue weighted by molar-refractivity contribution is -0.572. The minimum absolute atomic E-state index is 0.0406. The van der Waals surface area contributed by atoms with Crippen LogP contribution in [0, 0.1) is 10.1 Å². The van der Waals surface area contributed by atoms with Gasteiger partial charge in [-0.15, -0.1) is 5.10 Å². The largest absolute Gasteiger partial charge is 0.424 e. The van der Waals surface area contributed by atoms with Crippen LogP contribution >= 0.6 is 0 Å². The second-order valence-electron chi connectivity index (χ2n) is 3.23. The van der Waals surface area contributed by atoms with E-state index in [2.05, 4.69) is 15.5 Å². The molecule has 8 nitrogen and oxygen atoms in total. The number of benzene rings is 1. The van der Waals surface area contributed by atoms with E-state index in [1.165, 1.54) is 11.7 Å². The second kappa shape index (κ2) is 4.56. The molecule has 0 saturated carbocycles. The van der Waals surface area contributed by atoms with Gasteiger partial charge in [-0.25, -0.2) is 4.68 Å². The van der Waals surface area contributed by atoms with Gasteiger partial charge in [0.15, 0.2) is 0 Å². The monoisotopic (exact) mass is 235 g/mol. The molecule has 0 amide bonds. The third-order valence-corrected chi connectivity index (χ3v) is 2.06. The number of ether oxygens (including phenoxy) is 1. The Morgan fingerprint density at radius 1 is 1.41 bits per heavy atom. The zero-order valence-electron chi connectivity index (χ0n) is 8.92. The minimum Gasteiger partial charge on any atom is -0.424 e. The van der Waals surface area contributed by atoms with Crippen LogP contribution in [0.2, 0.25) is 0 Å². The summed E-state index contributed by atoms with van der Waals surface area (Å²) in [7, 11) is 1.51. The summed E-state index contributed by atoms with van der Waals surface area (Å²) in [6, 6.07) is 8.49. The lowest BCUT2D eigenvalue weighted by Crippen LogP contribution is -2.21. The van der Waals surface area contributed by atoms with E-state index < -0.39 is 11.2 Å². The standard InChI is InChI=1S/C9H9N5O3/c1-13-8(10-11-12-13)9(14(15)16)17-7-5-3-2-4-6-7/h2-6,9H,1H3. The zero-order valence-corrected chi connectivity index (χ0v) is 8.92. The first kappa shape index (κ1) is 11.0. The van der Waals surface area contributed by atoms with Gasteiger partial charge in [0.2, 0.25) is 0 Å². The van der Waals surface area contributed by atoms with E-state index in [4.69, 9.17) is 4.74 Å². The van der Waals surface area contributed by atoms with Gasteiger partial charge in [0.05, 0.1) is 4.92 Å². The van der Waals surface area contributed by atoms with Crippen molar-refractivity contribution < 1.29 is 9.66 Å². The van der Waals surface area contributed by atoms with E-state index in [1.807, 2.05) is 0 Å². The average molecular weight is 235 g/mol. The number of nitrogens with zero attached hydrogens (tertiary/aromatic N) is 5. The van der Waals surface area contributed by atoms with Crippen LogP contribution in [0.25, 0.3) is 0 Å². The quantitative estimate of drug-likeness (QED) is 0.436. The van der Waals surface area contributed by atoms with E-state index in [0.29, 0.717) is 5.75 Å². The molecule has 2 rings (SSSR count). The van der Waals surface area contributed by atoms with Crippen molar-refractivity contribution in [3.63, 3.8) is 0 Å². The molecule has 0 aliphatic carbocycles. The van der Waals surface area contributed by atoms with E-state index >= 15 is 0 Å². The number of aromatic nitrogens is 4. The average Bonchev–Trinajstić information content (AvgIpc) is 2.73. The molecular weight excluding hydrogens is 226 g/mol. The van der Waals surface area contributed by atoms with Crippen molar-refractivity contribution in [2.24, 2.45) is 7.05 Å². The molecule has 0 saturated heterocycles. The fourth-order valence-electron chi connectivity index (χ4n) is 1.26. The van der Waals surface area contributed by atoms with E-state index in [0.717, 1.165) is 0 Å². The molecule has 17 heavy (non-hydrogen) atoms. The predicted octanol–water partition coefficient (Wildman–Crippen LogP) is 0.564. The Labute approximate surface area is 96.0 Å². The third kappa shape index (κ3) is 2.36. The topological polar surface area (TPSA) is 96.0 Å². The number of hydrogen-bond donors (Lipinski definition) is 0. The van der Waals surface area contributed by atoms with Gasteiger partial charge >= 0.3 is 6.23 Å². The summed E-state index contributed by atoms with van der Waals surface area (Å²) < 4.78 is 6.44. The first-order chi connectivity index (χ1) is 8.18. The molecular formula is C9H9N5O3. The summed E-state index contributed by atoms with van der Waals surface area (Å²) in [5.41, 5.74) is 0. The highest BCUT2D eigenvalue weighted by Crippen LogP contribution is 2.19. The smallest absolute Gasteiger partial charge is 0.416 e. The van der Waals surface area contributed by atoms with Crippen molar-refractivity contribution in [2.75, 3.05) is 0 Å². The highest BCUT2D eigenvalue weighted by molar-refractivity contribution is 5.21. The van der Waals surface area contributed by atoms with E-state index in [-0.39, 0.29) is 5.82 Å². The molecule has 1 unspecified atom stereocenters. The first-order valence-electron chi connectivity index (χ1n) is 4.76. The minimum atomic E-state index is -1.42. The molecule has 1 heterocycles. The fraction of sp³-hybridized carbons (Fsp3) is 0.222. The van der Waals surface area contributed by atoms with Crippen LogP contribution < -0.4 is 4.74 Å². The first-order valence-corrected chi connectivity index (χ1v) is 4.76. The third-order valence-electron chi connectivity index (χ3n) is 2.06. The number of hydrogen-bond acceptors (Lipinski definition) is 6. The van der Waals surface area contributed by atoms with Crippen LogP contribution in [0.1, 0.15) is 12.1 Å². The Morgan fingerprint density at radius 3 is 2.65 bits per heavy atom. The van der Waals surface area contributed by atoms with Crippen molar-refractivity contribution in [2.45, 2.75) is 6.23 Å². The predicted molar refractivity (Wildman–Crippen MR) is 55.6 cm³/mol. The normalized spacial score (nSPS) is 12.1. The molecule has 0 spiro atoms. The molecule has 0 bridgehead atoms. The lowest BCUT2D eigenvalue weighted by atomic mass is 10.3. The Morgan fingerprint density at radius 2 is 2.12 bits per heavy atom. The lowest BCUT2D eigenvalue weighted by Gasteiger charge is -2.09. The summed E-state index contributed by atoms with van der Waals surface area (Å²) in [6.07, 6.45) is -1.42. The molecule has 0 radical (unpaired) electrons. The van der Waals surface area contributed by atoms with Gasteiger partial charge in [-0.05, 0) is 22.6 Å². The summed E-state index contributed by atoms with van der Waals surface area (Å²) in [6.45, 7) is 0. The molecule has 2 aromatic rings. The molecule has 0 aliphatic heterocycles. The maximum absolute atomic E-state index is 10.9. The number of rotatable bonds is 4. The van der Waals surface area contributed by atoms with Crippen LogP contribution in [-0.2, 0) is 7.05 Å². The zero-order chi connectivity index (χ0) is 12.3. The molecule has 1 aromatic carbocycles. The number of para-hydroxylation sites is 1. The molecule has 1 aromatic heterocycles. The van der Waals surface area contributed by atoms with Crippen LogP contribution in [0.5, 0.6) is 5.75 Å². The van der Waals surface area contributed by atoms with Crippen molar-refractivity contribution in [1.29, 1.82) is 0 Å². The number of tetrazole rings is 1. The summed E-state index contributed by atoms with van der Waals surface area (Å²) in [5.74, 6) is 0.427. The van der Waals surface area contributed by atoms with Gasteiger partial charge in [-0.2, -0.15) is 0 Å². The van der Waals surface area contributed by atoms with Crippen LogP contribution in [0.3, 0.4) is 0 Å². The molecule has 0 fully saturated rings. The Hall–Kier alpha value is -2.51. The van der Waals surface area contributed by atoms with Crippen LogP contribution in [-0.4, -0.2) is 25.1 Å². The summed E-state index contributed by atoms with van der Waals surface area (Å²) >= 11 is 0. The molecule has 1 atom stereocenters. The number of aryl methyl sites for hydroxylation is 1. The van der Waals surface area contributed by atoms with Gasteiger partial charge in [-0.1, -0.05) is 18.2 Å². The van der Waals surface area contributed by atoms with Crippen LogP contribution in [0.4, 0.5) is 0 Å². The Kier molecular flexibility index (Phi) is 2.95. The van der Waals surface area contributed by atoms with Crippen molar-refractivity contribution >= 4 is 0 Å². The molecule has 8 heteroatoms. The van der Waals surface area contributed by atoms with Gasteiger partial charge in [0.25, 0.3) is 5.82 Å². The highest BCUT2D eigenvalue weighted by Gasteiger charge is 2.30. The van der Waals surface area contributed by atoms with Crippen LogP contribution in [0.15, 0.2) is 30.3 Å². The Balaban J connectivity index is 2.26. The van der Waals surface area contributed by atoms with Crippen molar-refractivity contribution in [1.82, 2.24) is 20.2 Å². The van der Waals surface area contributed by atoms with E-state index in [1.54, 1.807) is 30.3 Å². The number of nitro groups is 1. The van der Waals surface area contributed by atoms with Gasteiger partial charge in [0.1, 0.15) is 5.75 Å². The Bertz CT molecular complexity index is 512. The maximum atomic E-state index is 10.9. The molecule has 0 aliphatic rings. The van der Waals surface area contributed by atoms with Crippen molar-refractivity contribution in [3.8, 4) is 5.75 Å². The molecule has 88 valence electrons. The summed E-state index contributed by atoms with van der Waals surface area (Å²) in [4.78, 5) is 10.3. The molecule has 0 N–H and O–H groups in total. The summed E-state index contributed by atoms with van der Waals surface area (Å²) in [5, 5.41) is 21.4. The fourth-order valence-corrected chi connectivity index (χ4v) is 1.26.